The maximum atomic E-state index is 4.43. The molecule has 0 aromatic carbocycles. The molecule has 0 fully saturated rings. The Bertz CT molecular complexity index is 558. The molecule has 0 saturated heterocycles. The van der Waals surface area contributed by atoms with Crippen LogP contribution in [-0.4, -0.2) is 21.5 Å². The van der Waals surface area contributed by atoms with Crippen molar-refractivity contribution in [1.82, 2.24) is 20.3 Å². The van der Waals surface area contributed by atoms with Crippen LogP contribution in [0.5, 0.6) is 0 Å². The minimum atomic E-state index is 0.620. The SMILES string of the molecule is Brc1nc2c(c(Nc3cccnc3)n1)CNCC2. The fraction of sp³-hybridized carbons (Fsp3) is 0.250. The summed E-state index contributed by atoms with van der Waals surface area (Å²) in [6.07, 6.45) is 4.45. The van der Waals surface area contributed by atoms with E-state index in [0.717, 1.165) is 42.3 Å². The predicted molar refractivity (Wildman–Crippen MR) is 72.7 cm³/mol. The normalized spacial score (nSPS) is 14.1. The summed E-state index contributed by atoms with van der Waals surface area (Å²) in [5, 5.41) is 6.62. The molecule has 92 valence electrons. The Kier molecular flexibility index (Phi) is 3.21. The van der Waals surface area contributed by atoms with E-state index in [9.17, 15) is 0 Å². The van der Waals surface area contributed by atoms with E-state index in [2.05, 4.69) is 41.5 Å². The zero-order valence-corrected chi connectivity index (χ0v) is 11.2. The lowest BCUT2D eigenvalue weighted by Crippen LogP contribution is -2.26. The quantitative estimate of drug-likeness (QED) is 0.831. The van der Waals surface area contributed by atoms with Crippen molar-refractivity contribution in [3.63, 3.8) is 0 Å². The van der Waals surface area contributed by atoms with Gasteiger partial charge in [-0.1, -0.05) is 0 Å². The summed E-state index contributed by atoms with van der Waals surface area (Å²) in [4.78, 5) is 12.9. The molecule has 2 aromatic rings. The second kappa shape index (κ2) is 4.99. The Morgan fingerprint density at radius 2 is 2.28 bits per heavy atom. The van der Waals surface area contributed by atoms with Gasteiger partial charge < -0.3 is 10.6 Å². The number of rotatable bonds is 2. The minimum Gasteiger partial charge on any atom is -0.339 e. The van der Waals surface area contributed by atoms with E-state index >= 15 is 0 Å². The summed E-state index contributed by atoms with van der Waals surface area (Å²) in [6, 6.07) is 3.86. The molecule has 0 amide bonds. The average molecular weight is 306 g/mol. The van der Waals surface area contributed by atoms with Gasteiger partial charge in [0.05, 0.1) is 17.6 Å². The van der Waals surface area contributed by atoms with Crippen molar-refractivity contribution >= 4 is 27.4 Å². The highest BCUT2D eigenvalue weighted by molar-refractivity contribution is 9.10. The van der Waals surface area contributed by atoms with Crippen molar-refractivity contribution in [2.45, 2.75) is 13.0 Å². The van der Waals surface area contributed by atoms with Crippen LogP contribution in [0.25, 0.3) is 0 Å². The van der Waals surface area contributed by atoms with Crippen LogP contribution in [0.2, 0.25) is 0 Å². The molecule has 0 spiro atoms. The third-order valence-electron chi connectivity index (χ3n) is 2.83. The second-order valence-corrected chi connectivity index (χ2v) is 4.77. The molecule has 0 unspecified atom stereocenters. The lowest BCUT2D eigenvalue weighted by molar-refractivity contribution is 0.626. The van der Waals surface area contributed by atoms with Crippen LogP contribution >= 0.6 is 15.9 Å². The fourth-order valence-corrected chi connectivity index (χ4v) is 2.38. The van der Waals surface area contributed by atoms with E-state index in [1.807, 2.05) is 12.1 Å². The number of pyridine rings is 1. The molecule has 3 heterocycles. The summed E-state index contributed by atoms with van der Waals surface area (Å²) in [7, 11) is 0. The van der Waals surface area contributed by atoms with E-state index in [0.29, 0.717) is 4.73 Å². The number of halogens is 1. The van der Waals surface area contributed by atoms with Crippen LogP contribution in [0.1, 0.15) is 11.3 Å². The third-order valence-corrected chi connectivity index (χ3v) is 3.18. The van der Waals surface area contributed by atoms with Gasteiger partial charge in [-0.15, -0.1) is 0 Å². The van der Waals surface area contributed by atoms with Crippen molar-refractivity contribution in [2.24, 2.45) is 0 Å². The smallest absolute Gasteiger partial charge is 0.198 e. The lowest BCUT2D eigenvalue weighted by Gasteiger charge is -2.19. The molecule has 6 heteroatoms. The van der Waals surface area contributed by atoms with Crippen LogP contribution in [0, 0.1) is 0 Å². The van der Waals surface area contributed by atoms with Crippen molar-refractivity contribution in [1.29, 1.82) is 0 Å². The Labute approximate surface area is 113 Å². The fourth-order valence-electron chi connectivity index (χ4n) is 1.99. The summed E-state index contributed by atoms with van der Waals surface area (Å²) < 4.78 is 0.620. The van der Waals surface area contributed by atoms with Crippen LogP contribution in [-0.2, 0) is 13.0 Å². The highest BCUT2D eigenvalue weighted by Gasteiger charge is 2.16. The van der Waals surface area contributed by atoms with Crippen LogP contribution in [0.4, 0.5) is 11.5 Å². The standard InChI is InChI=1S/C12H12BrN5/c13-12-17-10-3-5-15-7-9(10)11(18-12)16-8-2-1-4-14-6-8/h1-2,4,6,15H,3,5,7H2,(H,16,17,18). The van der Waals surface area contributed by atoms with E-state index in [1.165, 1.54) is 0 Å². The number of hydrogen-bond acceptors (Lipinski definition) is 5. The molecule has 5 nitrogen and oxygen atoms in total. The van der Waals surface area contributed by atoms with Gasteiger partial charge in [0.2, 0.25) is 0 Å². The molecule has 0 atom stereocenters. The highest BCUT2D eigenvalue weighted by Crippen LogP contribution is 2.24. The summed E-state index contributed by atoms with van der Waals surface area (Å²) >= 11 is 3.36. The molecule has 2 N–H and O–H groups in total. The zero-order valence-electron chi connectivity index (χ0n) is 9.65. The largest absolute Gasteiger partial charge is 0.339 e. The molecule has 0 radical (unpaired) electrons. The molecular formula is C12H12BrN5. The molecule has 18 heavy (non-hydrogen) atoms. The van der Waals surface area contributed by atoms with E-state index < -0.39 is 0 Å². The first-order valence-corrected chi connectivity index (χ1v) is 6.55. The number of anilines is 2. The number of nitrogens with zero attached hydrogens (tertiary/aromatic N) is 3. The molecule has 0 aliphatic carbocycles. The number of aromatic nitrogens is 3. The number of fused-ring (bicyclic) bond motifs is 1. The molecule has 2 aromatic heterocycles. The Morgan fingerprint density at radius 3 is 3.11 bits per heavy atom. The van der Waals surface area contributed by atoms with Gasteiger partial charge in [-0.3, -0.25) is 4.98 Å². The van der Waals surface area contributed by atoms with Crippen molar-refractivity contribution < 1.29 is 0 Å². The van der Waals surface area contributed by atoms with Crippen molar-refractivity contribution in [3.05, 3.63) is 40.5 Å². The number of hydrogen-bond donors (Lipinski definition) is 2. The Balaban J connectivity index is 1.98. The topological polar surface area (TPSA) is 62.7 Å². The molecule has 0 bridgehead atoms. The van der Waals surface area contributed by atoms with Crippen LogP contribution in [0.3, 0.4) is 0 Å². The van der Waals surface area contributed by atoms with E-state index in [1.54, 1.807) is 12.4 Å². The van der Waals surface area contributed by atoms with Gasteiger partial charge in [0.1, 0.15) is 5.82 Å². The average Bonchev–Trinajstić information content (AvgIpc) is 2.40. The third kappa shape index (κ3) is 2.34. The minimum absolute atomic E-state index is 0.620. The molecule has 1 aliphatic heterocycles. The van der Waals surface area contributed by atoms with Gasteiger partial charge in [-0.25, -0.2) is 9.97 Å². The first kappa shape index (κ1) is 11.6. The summed E-state index contributed by atoms with van der Waals surface area (Å²) in [5.74, 6) is 0.840. The molecular weight excluding hydrogens is 294 g/mol. The van der Waals surface area contributed by atoms with Crippen LogP contribution < -0.4 is 10.6 Å². The van der Waals surface area contributed by atoms with Gasteiger partial charge in [0, 0.05) is 31.3 Å². The zero-order chi connectivity index (χ0) is 12.4. The van der Waals surface area contributed by atoms with Gasteiger partial charge in [-0.05, 0) is 28.1 Å². The molecule has 3 rings (SSSR count). The van der Waals surface area contributed by atoms with Gasteiger partial charge in [0.15, 0.2) is 4.73 Å². The number of nitrogens with one attached hydrogen (secondary N) is 2. The Hall–Kier alpha value is -1.53. The lowest BCUT2D eigenvalue weighted by atomic mass is 10.1. The first-order chi connectivity index (χ1) is 8.83. The highest BCUT2D eigenvalue weighted by atomic mass is 79.9. The Morgan fingerprint density at radius 1 is 1.33 bits per heavy atom. The van der Waals surface area contributed by atoms with E-state index in [-0.39, 0.29) is 0 Å². The second-order valence-electron chi connectivity index (χ2n) is 4.06. The summed E-state index contributed by atoms with van der Waals surface area (Å²) in [6.45, 7) is 1.76. The maximum absolute atomic E-state index is 4.43. The van der Waals surface area contributed by atoms with Gasteiger partial charge in [-0.2, -0.15) is 0 Å². The predicted octanol–water partition coefficient (Wildman–Crippen LogP) is 2.02. The first-order valence-electron chi connectivity index (χ1n) is 5.76. The molecule has 0 saturated carbocycles. The van der Waals surface area contributed by atoms with Crippen molar-refractivity contribution in [2.75, 3.05) is 11.9 Å². The summed E-state index contributed by atoms with van der Waals surface area (Å²) in [5.41, 5.74) is 3.16. The monoisotopic (exact) mass is 305 g/mol. The van der Waals surface area contributed by atoms with Gasteiger partial charge in [0.25, 0.3) is 0 Å². The van der Waals surface area contributed by atoms with E-state index in [4.69, 9.17) is 0 Å². The van der Waals surface area contributed by atoms with Gasteiger partial charge >= 0.3 is 0 Å². The van der Waals surface area contributed by atoms with Crippen molar-refractivity contribution in [3.8, 4) is 0 Å². The van der Waals surface area contributed by atoms with Crippen LogP contribution in [0.15, 0.2) is 29.3 Å². The maximum Gasteiger partial charge on any atom is 0.198 e. The molecule has 1 aliphatic rings.